The summed E-state index contributed by atoms with van der Waals surface area (Å²) in [5.74, 6) is 0. The molecule has 2 saturated heterocycles. The monoisotopic (exact) mass is 369 g/mol. The smallest absolute Gasteiger partial charge is 0.115 e. The van der Waals surface area contributed by atoms with Gasteiger partial charge in [0.25, 0.3) is 0 Å². The fourth-order valence-corrected chi connectivity index (χ4v) is 4.14. The Balaban J connectivity index is 1.54. The van der Waals surface area contributed by atoms with E-state index in [4.69, 9.17) is 4.74 Å². The molecule has 2 aliphatic rings. The van der Waals surface area contributed by atoms with Gasteiger partial charge in [-0.2, -0.15) is 0 Å². The van der Waals surface area contributed by atoms with Crippen LogP contribution in [0.2, 0.25) is 0 Å². The highest BCUT2D eigenvalue weighted by molar-refractivity contribution is 5.79. The minimum Gasteiger partial charge on any atom is -0.377 e. The zero-order valence-corrected chi connectivity index (χ0v) is 17.0. The van der Waals surface area contributed by atoms with Crippen molar-refractivity contribution >= 4 is 11.4 Å². The highest BCUT2D eigenvalue weighted by atomic mass is 16.5. The van der Waals surface area contributed by atoms with E-state index in [1.54, 1.807) is 0 Å². The average Bonchev–Trinajstić information content (AvgIpc) is 3.08. The molecule has 3 heterocycles. The van der Waals surface area contributed by atoms with Gasteiger partial charge in [0.05, 0.1) is 18.8 Å². The molecule has 6 heteroatoms. The Labute approximate surface area is 162 Å². The van der Waals surface area contributed by atoms with Crippen molar-refractivity contribution in [1.29, 1.82) is 0 Å². The zero-order valence-electron chi connectivity index (χ0n) is 17.0. The van der Waals surface area contributed by atoms with Crippen LogP contribution in [0, 0.1) is 5.41 Å². The van der Waals surface area contributed by atoms with Gasteiger partial charge in [0.15, 0.2) is 0 Å². The van der Waals surface area contributed by atoms with Gasteiger partial charge in [-0.25, -0.2) is 4.68 Å². The zero-order chi connectivity index (χ0) is 19.0. The molecule has 0 radical (unpaired) electrons. The van der Waals surface area contributed by atoms with Crippen molar-refractivity contribution in [3.8, 4) is 11.3 Å². The van der Waals surface area contributed by atoms with Crippen molar-refractivity contribution in [2.75, 3.05) is 43.6 Å². The Hall–Kier alpha value is -2.08. The maximum absolute atomic E-state index is 5.83. The van der Waals surface area contributed by atoms with Crippen LogP contribution >= 0.6 is 0 Å². The fourth-order valence-electron chi connectivity index (χ4n) is 4.14. The number of anilines is 2. The second kappa shape index (κ2) is 7.15. The molecule has 0 saturated carbocycles. The van der Waals surface area contributed by atoms with E-state index in [-0.39, 0.29) is 6.10 Å². The number of rotatable bonds is 5. The molecule has 1 aromatic carbocycles. The number of aromatic nitrogens is 3. The van der Waals surface area contributed by atoms with Crippen LogP contribution in [0.15, 0.2) is 24.4 Å². The summed E-state index contributed by atoms with van der Waals surface area (Å²) in [4.78, 5) is 4.60. The van der Waals surface area contributed by atoms with Gasteiger partial charge in [-0.1, -0.05) is 19.1 Å². The molecule has 1 aromatic heterocycles. The third-order valence-electron chi connectivity index (χ3n) is 5.55. The first-order valence-electron chi connectivity index (χ1n) is 10.00. The summed E-state index contributed by atoms with van der Waals surface area (Å²) in [5, 5.41) is 8.79. The van der Waals surface area contributed by atoms with Gasteiger partial charge in [-0.15, -0.1) is 5.10 Å². The van der Waals surface area contributed by atoms with Crippen LogP contribution in [0.4, 0.5) is 11.4 Å². The van der Waals surface area contributed by atoms with E-state index in [0.29, 0.717) is 5.41 Å². The van der Waals surface area contributed by atoms with E-state index >= 15 is 0 Å². The first kappa shape index (κ1) is 18.3. The van der Waals surface area contributed by atoms with Crippen molar-refractivity contribution in [1.82, 2.24) is 15.0 Å². The van der Waals surface area contributed by atoms with Gasteiger partial charge in [0.1, 0.15) is 5.69 Å². The van der Waals surface area contributed by atoms with Gasteiger partial charge in [-0.3, -0.25) is 0 Å². The van der Waals surface area contributed by atoms with E-state index in [1.165, 1.54) is 24.2 Å². The van der Waals surface area contributed by atoms with E-state index in [2.05, 4.69) is 66.3 Å². The Morgan fingerprint density at radius 3 is 2.70 bits per heavy atom. The minimum atomic E-state index is 0.263. The van der Waals surface area contributed by atoms with E-state index in [1.807, 2.05) is 10.9 Å². The summed E-state index contributed by atoms with van der Waals surface area (Å²) in [6, 6.07) is 6.66. The summed E-state index contributed by atoms with van der Waals surface area (Å²) < 4.78 is 7.76. The molecule has 0 bridgehead atoms. The normalized spacial score (nSPS) is 21.8. The number of benzene rings is 1. The van der Waals surface area contributed by atoms with Crippen LogP contribution in [-0.4, -0.2) is 54.9 Å². The lowest BCUT2D eigenvalue weighted by Crippen LogP contribution is -2.53. The van der Waals surface area contributed by atoms with E-state index in [9.17, 15) is 0 Å². The van der Waals surface area contributed by atoms with Gasteiger partial charge < -0.3 is 14.5 Å². The lowest BCUT2D eigenvalue weighted by atomic mass is 9.84. The van der Waals surface area contributed by atoms with Crippen molar-refractivity contribution in [2.45, 2.75) is 45.8 Å². The van der Waals surface area contributed by atoms with Crippen LogP contribution in [0.3, 0.4) is 0 Å². The summed E-state index contributed by atoms with van der Waals surface area (Å²) in [7, 11) is 4.17. The molecule has 0 N–H and O–H groups in total. The minimum absolute atomic E-state index is 0.263. The Morgan fingerprint density at radius 2 is 2.04 bits per heavy atom. The van der Waals surface area contributed by atoms with Gasteiger partial charge in [-0.05, 0) is 42.9 Å². The number of ether oxygens (including phenoxy) is 1. The van der Waals surface area contributed by atoms with Crippen LogP contribution in [-0.2, 0) is 11.3 Å². The second-order valence-corrected chi connectivity index (χ2v) is 8.93. The highest BCUT2D eigenvalue weighted by Gasteiger charge is 2.34. The standard InChI is InChI=1S/C21H31N5O/c1-21(2)14-25(15-21)16-8-9-18(20(11-16)24(3)4)19-13-26(23-22-19)12-17-7-5-6-10-27-17/h8-9,11,13,17H,5-7,10,12,14-15H2,1-4H3. The molecule has 1 unspecified atom stereocenters. The van der Waals surface area contributed by atoms with Gasteiger partial charge >= 0.3 is 0 Å². The quantitative estimate of drug-likeness (QED) is 0.808. The van der Waals surface area contributed by atoms with Crippen molar-refractivity contribution in [3.05, 3.63) is 24.4 Å². The molecule has 6 nitrogen and oxygen atoms in total. The molecule has 1 atom stereocenters. The Bertz CT molecular complexity index is 784. The fraction of sp³-hybridized carbons (Fsp3) is 0.619. The highest BCUT2D eigenvalue weighted by Crippen LogP contribution is 2.38. The van der Waals surface area contributed by atoms with Crippen molar-refractivity contribution in [2.24, 2.45) is 5.41 Å². The molecule has 27 heavy (non-hydrogen) atoms. The third kappa shape index (κ3) is 3.95. The van der Waals surface area contributed by atoms with Gasteiger partial charge in [0.2, 0.25) is 0 Å². The summed E-state index contributed by atoms with van der Waals surface area (Å²) in [6.45, 7) is 8.50. The van der Waals surface area contributed by atoms with E-state index in [0.717, 1.165) is 43.9 Å². The maximum atomic E-state index is 5.83. The molecule has 0 amide bonds. The number of hydrogen-bond acceptors (Lipinski definition) is 5. The molecular weight excluding hydrogens is 338 g/mol. The maximum Gasteiger partial charge on any atom is 0.115 e. The molecule has 0 spiro atoms. The largest absolute Gasteiger partial charge is 0.377 e. The predicted octanol–water partition coefficient (Wildman–Crippen LogP) is 3.43. The molecule has 2 fully saturated rings. The van der Waals surface area contributed by atoms with Crippen LogP contribution < -0.4 is 9.80 Å². The molecule has 2 aromatic rings. The van der Waals surface area contributed by atoms with Crippen LogP contribution in [0.5, 0.6) is 0 Å². The average molecular weight is 370 g/mol. The van der Waals surface area contributed by atoms with Gasteiger partial charge in [0, 0.05) is 50.7 Å². The Morgan fingerprint density at radius 1 is 1.22 bits per heavy atom. The molecule has 2 aliphatic heterocycles. The molecule has 0 aliphatic carbocycles. The number of hydrogen-bond donors (Lipinski definition) is 0. The summed E-state index contributed by atoms with van der Waals surface area (Å²) in [5.41, 5.74) is 4.92. The third-order valence-corrected chi connectivity index (χ3v) is 5.55. The number of nitrogens with zero attached hydrogens (tertiary/aromatic N) is 5. The topological polar surface area (TPSA) is 46.4 Å². The first-order chi connectivity index (χ1) is 12.9. The second-order valence-electron chi connectivity index (χ2n) is 8.93. The van der Waals surface area contributed by atoms with Crippen molar-refractivity contribution in [3.63, 3.8) is 0 Å². The predicted molar refractivity (Wildman–Crippen MR) is 109 cm³/mol. The summed E-state index contributed by atoms with van der Waals surface area (Å²) in [6.07, 6.45) is 5.84. The SMILES string of the molecule is CN(C)c1cc(N2CC(C)(C)C2)ccc1-c1cn(CC2CCCCO2)nn1. The van der Waals surface area contributed by atoms with Crippen LogP contribution in [0.25, 0.3) is 11.3 Å². The van der Waals surface area contributed by atoms with E-state index < -0.39 is 0 Å². The molecular formula is C21H31N5O. The molecule has 4 rings (SSSR count). The Kier molecular flexibility index (Phi) is 4.84. The lowest BCUT2D eigenvalue weighted by Gasteiger charge is -2.47. The summed E-state index contributed by atoms with van der Waals surface area (Å²) >= 11 is 0. The van der Waals surface area contributed by atoms with Crippen LogP contribution in [0.1, 0.15) is 33.1 Å². The van der Waals surface area contributed by atoms with Crippen molar-refractivity contribution < 1.29 is 4.74 Å². The lowest BCUT2D eigenvalue weighted by molar-refractivity contribution is 0.00370. The molecule has 146 valence electrons. The first-order valence-corrected chi connectivity index (χ1v) is 10.00.